The van der Waals surface area contributed by atoms with Crippen LogP contribution in [0.2, 0.25) is 0 Å². The topological polar surface area (TPSA) is 85.1 Å². The first kappa shape index (κ1) is 17.9. The third-order valence-corrected chi connectivity index (χ3v) is 3.86. The number of aryl methyl sites for hydroxylation is 1. The van der Waals surface area contributed by atoms with Crippen molar-refractivity contribution in [3.05, 3.63) is 53.9 Å². The van der Waals surface area contributed by atoms with E-state index in [1.807, 2.05) is 19.2 Å². The van der Waals surface area contributed by atoms with Crippen molar-refractivity contribution in [2.45, 2.75) is 13.3 Å². The van der Waals surface area contributed by atoms with E-state index >= 15 is 0 Å². The Hall–Kier alpha value is -2.44. The van der Waals surface area contributed by atoms with E-state index in [2.05, 4.69) is 20.3 Å². The third-order valence-electron chi connectivity index (χ3n) is 3.86. The normalized spacial score (nSPS) is 13.0. The van der Waals surface area contributed by atoms with E-state index in [-0.39, 0.29) is 23.7 Å². The van der Waals surface area contributed by atoms with Crippen molar-refractivity contribution in [3.63, 3.8) is 0 Å². The van der Waals surface area contributed by atoms with Gasteiger partial charge in [0.15, 0.2) is 0 Å². The van der Waals surface area contributed by atoms with Crippen LogP contribution in [0.15, 0.2) is 36.5 Å². The number of benzene rings is 1. The van der Waals surface area contributed by atoms with Gasteiger partial charge >= 0.3 is 0 Å². The summed E-state index contributed by atoms with van der Waals surface area (Å²) in [5, 5.41) is 3.22. The molecule has 0 aliphatic carbocycles. The molecule has 5 nitrogen and oxygen atoms in total. The number of H-pyrrole nitrogens is 1. The monoisotopic (exact) mass is 348 g/mol. The molecule has 0 bridgehead atoms. The summed E-state index contributed by atoms with van der Waals surface area (Å²) >= 11 is 0. The highest BCUT2D eigenvalue weighted by molar-refractivity contribution is 5.91. The minimum atomic E-state index is -0.238. The summed E-state index contributed by atoms with van der Waals surface area (Å²) in [7, 11) is 0. The number of halogens is 2. The molecule has 3 heterocycles. The van der Waals surface area contributed by atoms with E-state index in [4.69, 9.17) is 0 Å². The molecular formula is C17H18ClFN4O. The quantitative estimate of drug-likeness (QED) is 0.746. The Labute approximate surface area is 144 Å². The highest BCUT2D eigenvalue weighted by Crippen LogP contribution is 2.29. The van der Waals surface area contributed by atoms with Crippen molar-refractivity contribution in [2.24, 2.45) is 0 Å². The van der Waals surface area contributed by atoms with Gasteiger partial charge in [-0.05, 0) is 54.8 Å². The molecule has 1 aromatic carbocycles. The summed E-state index contributed by atoms with van der Waals surface area (Å²) in [4.78, 5) is 12.5. The lowest BCUT2D eigenvalue weighted by Crippen LogP contribution is -1.97. The Bertz CT molecular complexity index is 889. The lowest BCUT2D eigenvalue weighted by molar-refractivity contribution is 0.628. The number of hydrogen-bond donors (Lipinski definition) is 2. The second kappa shape index (κ2) is 6.98. The average Bonchev–Trinajstić information content (AvgIpc) is 3.16. The van der Waals surface area contributed by atoms with Gasteiger partial charge in [-0.2, -0.15) is 0 Å². The van der Waals surface area contributed by atoms with Crippen LogP contribution in [0.5, 0.6) is 0 Å². The molecule has 126 valence electrons. The zero-order valence-corrected chi connectivity index (χ0v) is 13.9. The maximum atomic E-state index is 13.1. The molecule has 0 saturated heterocycles. The highest BCUT2D eigenvalue weighted by Gasteiger charge is 2.16. The fourth-order valence-corrected chi connectivity index (χ4v) is 2.81. The molecule has 2 aromatic heterocycles. The van der Waals surface area contributed by atoms with Crippen LogP contribution in [0.25, 0.3) is 27.9 Å². The van der Waals surface area contributed by atoms with Crippen molar-refractivity contribution in [1.29, 1.82) is 0 Å². The summed E-state index contributed by atoms with van der Waals surface area (Å²) in [6, 6.07) is 8.43. The molecule has 0 atom stereocenters. The zero-order valence-electron chi connectivity index (χ0n) is 13.1. The number of nitrogens with one attached hydrogen (secondary N) is 2. The number of nitrogens with zero attached hydrogens (tertiary/aromatic N) is 2. The van der Waals surface area contributed by atoms with E-state index in [1.54, 1.807) is 12.1 Å². The Balaban J connectivity index is 0.00000104. The van der Waals surface area contributed by atoms with Crippen LogP contribution in [0.1, 0.15) is 17.9 Å². The van der Waals surface area contributed by atoms with Crippen LogP contribution in [-0.4, -0.2) is 27.0 Å². The number of fused-ring (bicyclic) bond motifs is 1. The Morgan fingerprint density at radius 2 is 1.88 bits per heavy atom. The molecule has 7 heteroatoms. The van der Waals surface area contributed by atoms with E-state index in [0.717, 1.165) is 46.8 Å². The highest BCUT2D eigenvalue weighted by atomic mass is 35.5. The average molecular weight is 349 g/mol. The van der Waals surface area contributed by atoms with E-state index < -0.39 is 0 Å². The van der Waals surface area contributed by atoms with Crippen LogP contribution in [-0.2, 0) is 0 Å². The van der Waals surface area contributed by atoms with E-state index in [1.165, 1.54) is 17.7 Å². The summed E-state index contributed by atoms with van der Waals surface area (Å²) in [5.41, 5.74) is 5.79. The molecule has 0 saturated carbocycles. The van der Waals surface area contributed by atoms with Crippen molar-refractivity contribution in [1.82, 2.24) is 20.3 Å². The predicted molar refractivity (Wildman–Crippen MR) is 95.5 cm³/mol. The molecule has 0 fully saturated rings. The molecule has 3 aromatic rings. The van der Waals surface area contributed by atoms with Gasteiger partial charge in [0.05, 0.1) is 16.7 Å². The maximum absolute atomic E-state index is 13.1. The smallest absolute Gasteiger partial charge is 0.126 e. The zero-order chi connectivity index (χ0) is 15.1. The van der Waals surface area contributed by atoms with Gasteiger partial charge in [-0.25, -0.2) is 14.4 Å². The molecule has 0 radical (unpaired) electrons. The van der Waals surface area contributed by atoms with Crippen LogP contribution >= 0.6 is 12.4 Å². The molecule has 0 amide bonds. The minimum absolute atomic E-state index is 0. The summed E-state index contributed by atoms with van der Waals surface area (Å²) < 4.78 is 13.1. The standard InChI is InChI=1S/C17H15FN4.ClH.H2O/c1-10-20-15-8-14(11-2-4-13(18)5-3-11)22-17(15)16(21-10)12-6-7-19-9-12;;/h2-5,8-9,19,22H,6-7H2,1H3;1H;1H2. The fraction of sp³-hybridized carbons (Fsp3) is 0.176. The maximum Gasteiger partial charge on any atom is 0.126 e. The predicted octanol–water partition coefficient (Wildman–Crippen LogP) is 3.00. The largest absolute Gasteiger partial charge is 0.412 e. The molecule has 0 spiro atoms. The summed E-state index contributed by atoms with van der Waals surface area (Å²) in [6.45, 7) is 2.84. The Morgan fingerprint density at radius 3 is 2.54 bits per heavy atom. The summed E-state index contributed by atoms with van der Waals surface area (Å²) in [5.74, 6) is 0.512. The van der Waals surface area contributed by atoms with Gasteiger partial charge in [-0.1, -0.05) is 0 Å². The van der Waals surface area contributed by atoms with Crippen molar-refractivity contribution in [2.75, 3.05) is 6.54 Å². The first-order valence-corrected chi connectivity index (χ1v) is 7.27. The third kappa shape index (κ3) is 3.11. The molecule has 4 rings (SSSR count). The van der Waals surface area contributed by atoms with Gasteiger partial charge in [-0.15, -0.1) is 12.4 Å². The van der Waals surface area contributed by atoms with Crippen LogP contribution in [0, 0.1) is 12.7 Å². The number of hydrogen-bond acceptors (Lipinski definition) is 3. The number of aromatic amines is 1. The lowest BCUT2D eigenvalue weighted by atomic mass is 10.1. The summed E-state index contributed by atoms with van der Waals surface area (Å²) in [6.07, 6.45) is 2.97. The fourth-order valence-electron chi connectivity index (χ4n) is 2.81. The van der Waals surface area contributed by atoms with Crippen LogP contribution in [0.3, 0.4) is 0 Å². The van der Waals surface area contributed by atoms with Crippen LogP contribution in [0.4, 0.5) is 4.39 Å². The van der Waals surface area contributed by atoms with Gasteiger partial charge in [-0.3, -0.25) is 0 Å². The van der Waals surface area contributed by atoms with Crippen molar-refractivity contribution < 1.29 is 9.87 Å². The van der Waals surface area contributed by atoms with Gasteiger partial charge in [0.25, 0.3) is 0 Å². The number of aromatic nitrogens is 3. The van der Waals surface area contributed by atoms with Gasteiger partial charge in [0.2, 0.25) is 0 Å². The van der Waals surface area contributed by atoms with Gasteiger partial charge in [0, 0.05) is 18.4 Å². The Morgan fingerprint density at radius 1 is 1.12 bits per heavy atom. The minimum Gasteiger partial charge on any atom is -0.412 e. The van der Waals surface area contributed by atoms with E-state index in [9.17, 15) is 4.39 Å². The molecular weight excluding hydrogens is 331 g/mol. The van der Waals surface area contributed by atoms with Crippen molar-refractivity contribution >= 4 is 29.0 Å². The molecule has 24 heavy (non-hydrogen) atoms. The van der Waals surface area contributed by atoms with E-state index in [0.29, 0.717) is 0 Å². The number of rotatable bonds is 2. The first-order valence-electron chi connectivity index (χ1n) is 7.27. The molecule has 4 N–H and O–H groups in total. The van der Waals surface area contributed by atoms with Crippen molar-refractivity contribution in [3.8, 4) is 11.3 Å². The second-order valence-corrected chi connectivity index (χ2v) is 5.44. The SMILES string of the molecule is Cc1nc(C2=CNCC2)c2[nH]c(-c3ccc(F)cc3)cc2n1.Cl.O. The molecule has 0 unspecified atom stereocenters. The van der Waals surface area contributed by atoms with Gasteiger partial charge < -0.3 is 15.8 Å². The molecule has 1 aliphatic rings. The lowest BCUT2D eigenvalue weighted by Gasteiger charge is -2.03. The Kier molecular flexibility index (Phi) is 5.21. The second-order valence-electron chi connectivity index (χ2n) is 5.44. The van der Waals surface area contributed by atoms with Crippen LogP contribution < -0.4 is 5.32 Å². The molecule has 1 aliphatic heterocycles. The van der Waals surface area contributed by atoms with Gasteiger partial charge in [0.1, 0.15) is 11.6 Å². The first-order chi connectivity index (χ1) is 10.7.